The fourth-order valence-electron chi connectivity index (χ4n) is 1.93. The van der Waals surface area contributed by atoms with Gasteiger partial charge in [0.1, 0.15) is 5.75 Å². The van der Waals surface area contributed by atoms with Crippen LogP contribution in [-0.2, 0) is 10.2 Å². The molecule has 0 heterocycles. The minimum atomic E-state index is -0.0944. The molecule has 1 atom stereocenters. The van der Waals surface area contributed by atoms with Crippen molar-refractivity contribution in [3.63, 3.8) is 0 Å². The molecule has 1 aromatic carbocycles. The molecule has 0 saturated carbocycles. The van der Waals surface area contributed by atoms with E-state index in [4.69, 9.17) is 4.74 Å². The summed E-state index contributed by atoms with van der Waals surface area (Å²) in [5.74, 6) is 0.578. The molecule has 0 aliphatic carbocycles. The van der Waals surface area contributed by atoms with E-state index in [1.807, 2.05) is 32.2 Å². The maximum Gasteiger partial charge on any atom is 0.228 e. The number of nitrogens with one attached hydrogen (secondary N) is 2. The number of ether oxygens (including phenoxy) is 1. The summed E-state index contributed by atoms with van der Waals surface area (Å²) in [6.07, 6.45) is 0. The lowest BCUT2D eigenvalue weighted by molar-refractivity contribution is -0.119. The second-order valence-electron chi connectivity index (χ2n) is 6.11. The number of methoxy groups -OCH3 is 1. The van der Waals surface area contributed by atoms with Crippen molar-refractivity contribution in [1.82, 2.24) is 5.32 Å². The lowest BCUT2D eigenvalue weighted by Crippen LogP contribution is -2.28. The molecule has 0 radical (unpaired) electrons. The molecule has 4 heteroatoms. The first kappa shape index (κ1) is 16.5. The van der Waals surface area contributed by atoms with Crippen LogP contribution in [0.1, 0.15) is 33.3 Å². The number of hydrogen-bond acceptors (Lipinski definition) is 3. The first-order valence-corrected chi connectivity index (χ1v) is 6.93. The van der Waals surface area contributed by atoms with Crippen molar-refractivity contribution in [3.05, 3.63) is 23.8 Å². The highest BCUT2D eigenvalue weighted by molar-refractivity contribution is 5.94. The van der Waals surface area contributed by atoms with Crippen LogP contribution in [0.25, 0.3) is 0 Å². The lowest BCUT2D eigenvalue weighted by Gasteiger charge is -2.22. The second kappa shape index (κ2) is 6.75. The smallest absolute Gasteiger partial charge is 0.228 e. The van der Waals surface area contributed by atoms with Crippen molar-refractivity contribution >= 4 is 11.6 Å². The van der Waals surface area contributed by atoms with E-state index in [0.29, 0.717) is 12.3 Å². The van der Waals surface area contributed by atoms with Gasteiger partial charge in [-0.2, -0.15) is 0 Å². The van der Waals surface area contributed by atoms with E-state index in [1.165, 1.54) is 0 Å². The SMILES string of the molecule is CNCC(C)C(=O)Nc1cc(C(C)(C)C)ccc1OC. The van der Waals surface area contributed by atoms with Gasteiger partial charge in [-0.15, -0.1) is 0 Å². The molecule has 112 valence electrons. The number of amides is 1. The predicted octanol–water partition coefficient (Wildman–Crippen LogP) is 2.79. The first-order chi connectivity index (χ1) is 9.29. The van der Waals surface area contributed by atoms with E-state index in [0.717, 1.165) is 11.3 Å². The Labute approximate surface area is 121 Å². The van der Waals surface area contributed by atoms with Gasteiger partial charge in [-0.25, -0.2) is 0 Å². The summed E-state index contributed by atoms with van der Waals surface area (Å²) in [5.41, 5.74) is 1.92. The van der Waals surface area contributed by atoms with E-state index in [1.54, 1.807) is 7.11 Å². The van der Waals surface area contributed by atoms with Gasteiger partial charge in [0.05, 0.1) is 12.8 Å². The maximum atomic E-state index is 12.1. The van der Waals surface area contributed by atoms with Crippen molar-refractivity contribution in [3.8, 4) is 5.75 Å². The van der Waals surface area contributed by atoms with Crippen molar-refractivity contribution < 1.29 is 9.53 Å². The zero-order valence-corrected chi connectivity index (χ0v) is 13.3. The average Bonchev–Trinajstić information content (AvgIpc) is 2.37. The van der Waals surface area contributed by atoms with Gasteiger partial charge in [0.25, 0.3) is 0 Å². The fraction of sp³-hybridized carbons (Fsp3) is 0.562. The van der Waals surface area contributed by atoms with Crippen molar-refractivity contribution in [1.29, 1.82) is 0 Å². The summed E-state index contributed by atoms with van der Waals surface area (Å²) in [7, 11) is 3.45. The topological polar surface area (TPSA) is 50.4 Å². The van der Waals surface area contributed by atoms with Gasteiger partial charge in [0.2, 0.25) is 5.91 Å². The molecule has 0 aliphatic heterocycles. The summed E-state index contributed by atoms with van der Waals surface area (Å²) in [5, 5.41) is 5.96. The number of benzene rings is 1. The normalized spacial score (nSPS) is 12.9. The van der Waals surface area contributed by atoms with Crippen LogP contribution < -0.4 is 15.4 Å². The van der Waals surface area contributed by atoms with Gasteiger partial charge >= 0.3 is 0 Å². The predicted molar refractivity (Wildman–Crippen MR) is 83.4 cm³/mol. The molecule has 1 rings (SSSR count). The van der Waals surface area contributed by atoms with Crippen molar-refractivity contribution in [2.75, 3.05) is 26.0 Å². The Morgan fingerprint density at radius 2 is 2.00 bits per heavy atom. The zero-order chi connectivity index (χ0) is 15.3. The van der Waals surface area contributed by atoms with E-state index in [2.05, 4.69) is 31.4 Å². The summed E-state index contributed by atoms with van der Waals surface area (Å²) < 4.78 is 5.32. The van der Waals surface area contributed by atoms with Crippen LogP contribution in [0.5, 0.6) is 5.75 Å². The van der Waals surface area contributed by atoms with Gasteiger partial charge in [-0.05, 0) is 30.2 Å². The van der Waals surface area contributed by atoms with Crippen LogP contribution in [0.3, 0.4) is 0 Å². The summed E-state index contributed by atoms with van der Waals surface area (Å²) in [6, 6.07) is 5.92. The summed E-state index contributed by atoms with van der Waals surface area (Å²) >= 11 is 0. The molecule has 0 fully saturated rings. The third-order valence-corrected chi connectivity index (χ3v) is 3.28. The molecule has 0 spiro atoms. The Bertz CT molecular complexity index is 464. The molecule has 0 bridgehead atoms. The van der Waals surface area contributed by atoms with Crippen molar-refractivity contribution in [2.45, 2.75) is 33.1 Å². The number of carbonyl (C=O) groups excluding carboxylic acids is 1. The highest BCUT2D eigenvalue weighted by Crippen LogP contribution is 2.31. The van der Waals surface area contributed by atoms with E-state index >= 15 is 0 Å². The number of hydrogen-bond donors (Lipinski definition) is 2. The highest BCUT2D eigenvalue weighted by Gasteiger charge is 2.18. The molecule has 1 amide bonds. The number of anilines is 1. The van der Waals surface area contributed by atoms with E-state index in [-0.39, 0.29) is 17.2 Å². The quantitative estimate of drug-likeness (QED) is 0.870. The lowest BCUT2D eigenvalue weighted by atomic mass is 9.87. The molecule has 20 heavy (non-hydrogen) atoms. The van der Waals surface area contributed by atoms with Crippen LogP contribution in [-0.4, -0.2) is 26.6 Å². The van der Waals surface area contributed by atoms with E-state index in [9.17, 15) is 4.79 Å². The second-order valence-corrected chi connectivity index (χ2v) is 6.11. The van der Waals surface area contributed by atoms with Crippen LogP contribution in [0, 0.1) is 5.92 Å². The Morgan fingerprint density at radius 3 is 2.50 bits per heavy atom. The Balaban J connectivity index is 3.00. The van der Waals surface area contributed by atoms with Crippen LogP contribution in [0.4, 0.5) is 5.69 Å². The minimum absolute atomic E-state index is 0.0105. The maximum absolute atomic E-state index is 12.1. The molecule has 2 N–H and O–H groups in total. The Kier molecular flexibility index (Phi) is 5.57. The van der Waals surface area contributed by atoms with Gasteiger partial charge < -0.3 is 15.4 Å². The zero-order valence-electron chi connectivity index (χ0n) is 13.3. The molecular weight excluding hydrogens is 252 g/mol. The van der Waals surface area contributed by atoms with Gasteiger partial charge in [-0.1, -0.05) is 33.8 Å². The van der Waals surface area contributed by atoms with Gasteiger partial charge in [-0.3, -0.25) is 4.79 Å². The molecule has 0 aromatic heterocycles. The average molecular weight is 278 g/mol. The molecular formula is C16H26N2O2. The third kappa shape index (κ3) is 4.23. The molecule has 1 unspecified atom stereocenters. The molecule has 1 aromatic rings. The van der Waals surface area contributed by atoms with Gasteiger partial charge in [0, 0.05) is 12.5 Å². The molecule has 0 aliphatic rings. The number of rotatable bonds is 5. The van der Waals surface area contributed by atoms with Crippen LogP contribution >= 0.6 is 0 Å². The summed E-state index contributed by atoms with van der Waals surface area (Å²) in [4.78, 5) is 12.1. The first-order valence-electron chi connectivity index (χ1n) is 6.93. The van der Waals surface area contributed by atoms with E-state index < -0.39 is 0 Å². The molecule has 0 saturated heterocycles. The molecule has 4 nitrogen and oxygen atoms in total. The summed E-state index contributed by atoms with van der Waals surface area (Å²) in [6.45, 7) is 8.97. The van der Waals surface area contributed by atoms with Crippen LogP contribution in [0.2, 0.25) is 0 Å². The van der Waals surface area contributed by atoms with Gasteiger partial charge in [0.15, 0.2) is 0 Å². The van der Waals surface area contributed by atoms with Crippen molar-refractivity contribution in [2.24, 2.45) is 5.92 Å². The number of carbonyl (C=O) groups is 1. The third-order valence-electron chi connectivity index (χ3n) is 3.28. The van der Waals surface area contributed by atoms with Crippen LogP contribution in [0.15, 0.2) is 18.2 Å². The largest absolute Gasteiger partial charge is 0.495 e. The Hall–Kier alpha value is -1.55. The highest BCUT2D eigenvalue weighted by atomic mass is 16.5. The minimum Gasteiger partial charge on any atom is -0.495 e. The fourth-order valence-corrected chi connectivity index (χ4v) is 1.93. The monoisotopic (exact) mass is 278 g/mol. The standard InChI is InChI=1S/C16H26N2O2/c1-11(10-17-5)15(19)18-13-9-12(16(2,3)4)7-8-14(13)20-6/h7-9,11,17H,10H2,1-6H3,(H,18,19). The Morgan fingerprint density at radius 1 is 1.35 bits per heavy atom.